The van der Waals surface area contributed by atoms with Gasteiger partial charge < -0.3 is 14.8 Å². The molecule has 0 bridgehead atoms. The Hall–Kier alpha value is -2.48. The topological polar surface area (TPSA) is 71.3 Å². The van der Waals surface area contributed by atoms with E-state index < -0.39 is 0 Å². The number of carbonyl (C=O) groups is 1. The average Bonchev–Trinajstić information content (AvgIpc) is 3.06. The fourth-order valence-corrected chi connectivity index (χ4v) is 2.70. The van der Waals surface area contributed by atoms with Gasteiger partial charge in [0.2, 0.25) is 0 Å². The molecule has 0 atom stereocenters. The number of amides is 1. The van der Waals surface area contributed by atoms with Crippen LogP contribution >= 0.6 is 0 Å². The highest BCUT2D eigenvalue weighted by atomic mass is 16.5. The second-order valence-corrected chi connectivity index (χ2v) is 5.47. The number of nitrogens with zero attached hydrogens (tertiary/aromatic N) is 1. The minimum atomic E-state index is -0.313. The molecule has 1 amide bonds. The minimum absolute atomic E-state index is 0.100. The highest BCUT2D eigenvalue weighted by Gasteiger charge is 2.19. The standard InChI is InChI=1S/C18H22N2O3/c1-3-23-16-9-8-13(11-17(16)22-2)10-14(12-19)18(21)20-15-6-4-5-7-15/h8-11,15H,3-7H2,1-2H3,(H,20,21)/b14-10+. The number of methoxy groups -OCH3 is 1. The van der Waals surface area contributed by atoms with Crippen LogP contribution in [0.4, 0.5) is 0 Å². The molecule has 122 valence electrons. The maximum absolute atomic E-state index is 12.2. The Morgan fingerprint density at radius 3 is 2.74 bits per heavy atom. The van der Waals surface area contributed by atoms with Gasteiger partial charge in [-0.25, -0.2) is 0 Å². The Balaban J connectivity index is 2.16. The van der Waals surface area contributed by atoms with E-state index in [1.807, 2.05) is 13.0 Å². The van der Waals surface area contributed by atoms with Gasteiger partial charge in [-0.1, -0.05) is 18.9 Å². The molecule has 0 radical (unpaired) electrons. The van der Waals surface area contributed by atoms with Crippen LogP contribution < -0.4 is 14.8 Å². The maximum Gasteiger partial charge on any atom is 0.262 e. The van der Waals surface area contributed by atoms with Gasteiger partial charge in [0.05, 0.1) is 13.7 Å². The summed E-state index contributed by atoms with van der Waals surface area (Å²) in [6.07, 6.45) is 5.81. The third-order valence-corrected chi connectivity index (χ3v) is 3.85. The molecule has 0 aromatic heterocycles. The van der Waals surface area contributed by atoms with E-state index in [-0.39, 0.29) is 17.5 Å². The molecule has 1 N–H and O–H groups in total. The normalized spacial score (nSPS) is 15.1. The molecule has 2 rings (SSSR count). The molecule has 1 aromatic rings. The molecule has 0 spiro atoms. The first kappa shape index (κ1) is 16.9. The summed E-state index contributed by atoms with van der Waals surface area (Å²) in [7, 11) is 1.56. The fraction of sp³-hybridized carbons (Fsp3) is 0.444. The third kappa shape index (κ3) is 4.49. The lowest BCUT2D eigenvalue weighted by Crippen LogP contribution is -2.33. The molecule has 0 heterocycles. The van der Waals surface area contributed by atoms with E-state index in [2.05, 4.69) is 5.32 Å². The molecule has 0 unspecified atom stereocenters. The molecule has 0 saturated heterocycles. The number of hydrogen-bond acceptors (Lipinski definition) is 4. The van der Waals surface area contributed by atoms with Gasteiger partial charge in [-0.15, -0.1) is 0 Å². The van der Waals surface area contributed by atoms with Crippen molar-refractivity contribution in [3.05, 3.63) is 29.3 Å². The SMILES string of the molecule is CCOc1ccc(/C=C(\C#N)C(=O)NC2CCCC2)cc1OC. The number of rotatable bonds is 6. The van der Waals surface area contributed by atoms with Crippen LogP contribution in [0.3, 0.4) is 0 Å². The number of nitrogens with one attached hydrogen (secondary N) is 1. The fourth-order valence-electron chi connectivity index (χ4n) is 2.70. The number of nitriles is 1. The number of ether oxygens (including phenoxy) is 2. The molecule has 1 aliphatic carbocycles. The Kier molecular flexibility index (Phi) is 6.04. The Bertz CT molecular complexity index is 626. The van der Waals surface area contributed by atoms with Crippen molar-refractivity contribution in [1.82, 2.24) is 5.32 Å². The summed E-state index contributed by atoms with van der Waals surface area (Å²) in [6.45, 7) is 2.44. The third-order valence-electron chi connectivity index (χ3n) is 3.85. The summed E-state index contributed by atoms with van der Waals surface area (Å²) >= 11 is 0. The molecule has 1 aliphatic rings. The first-order valence-corrected chi connectivity index (χ1v) is 7.91. The highest BCUT2D eigenvalue weighted by Crippen LogP contribution is 2.29. The molecular weight excluding hydrogens is 292 g/mol. The first-order valence-electron chi connectivity index (χ1n) is 7.91. The number of hydrogen-bond donors (Lipinski definition) is 1. The van der Waals surface area contributed by atoms with Gasteiger partial charge in [-0.2, -0.15) is 5.26 Å². The molecule has 1 fully saturated rings. The van der Waals surface area contributed by atoms with E-state index in [0.717, 1.165) is 31.2 Å². The van der Waals surface area contributed by atoms with E-state index >= 15 is 0 Å². The van der Waals surface area contributed by atoms with Crippen LogP contribution in [-0.2, 0) is 4.79 Å². The van der Waals surface area contributed by atoms with E-state index in [1.54, 1.807) is 31.4 Å². The van der Waals surface area contributed by atoms with Crippen LogP contribution in [0.1, 0.15) is 38.2 Å². The summed E-state index contributed by atoms with van der Waals surface area (Å²) in [6, 6.07) is 7.50. The predicted octanol–water partition coefficient (Wildman–Crippen LogP) is 3.06. The Morgan fingerprint density at radius 1 is 1.39 bits per heavy atom. The smallest absolute Gasteiger partial charge is 0.262 e. The monoisotopic (exact) mass is 314 g/mol. The van der Waals surface area contributed by atoms with Crippen LogP contribution in [0.25, 0.3) is 6.08 Å². The zero-order chi connectivity index (χ0) is 16.7. The molecule has 5 heteroatoms. The van der Waals surface area contributed by atoms with Gasteiger partial charge in [0.1, 0.15) is 11.6 Å². The van der Waals surface area contributed by atoms with Crippen LogP contribution in [0.2, 0.25) is 0 Å². The predicted molar refractivity (Wildman–Crippen MR) is 88.2 cm³/mol. The van der Waals surface area contributed by atoms with E-state index in [4.69, 9.17) is 9.47 Å². The zero-order valence-corrected chi connectivity index (χ0v) is 13.6. The van der Waals surface area contributed by atoms with Crippen molar-refractivity contribution in [1.29, 1.82) is 5.26 Å². The van der Waals surface area contributed by atoms with Crippen molar-refractivity contribution in [2.75, 3.05) is 13.7 Å². The van der Waals surface area contributed by atoms with Crippen molar-refractivity contribution >= 4 is 12.0 Å². The van der Waals surface area contributed by atoms with Gasteiger partial charge in [0.15, 0.2) is 11.5 Å². The number of carbonyl (C=O) groups excluding carboxylic acids is 1. The summed E-state index contributed by atoms with van der Waals surface area (Å²) < 4.78 is 10.7. The van der Waals surface area contributed by atoms with E-state index in [9.17, 15) is 10.1 Å². The average molecular weight is 314 g/mol. The van der Waals surface area contributed by atoms with E-state index in [0.29, 0.717) is 18.1 Å². The van der Waals surface area contributed by atoms with Gasteiger partial charge in [0.25, 0.3) is 5.91 Å². The maximum atomic E-state index is 12.2. The van der Waals surface area contributed by atoms with Crippen molar-refractivity contribution < 1.29 is 14.3 Å². The molecule has 1 saturated carbocycles. The Labute approximate surface area is 136 Å². The lowest BCUT2D eigenvalue weighted by molar-refractivity contribution is -0.117. The molecule has 0 aliphatic heterocycles. The number of benzene rings is 1. The Morgan fingerprint density at radius 2 is 2.13 bits per heavy atom. The molecule has 1 aromatic carbocycles. The summed E-state index contributed by atoms with van der Waals surface area (Å²) in [5.74, 6) is 0.905. The minimum Gasteiger partial charge on any atom is -0.493 e. The quantitative estimate of drug-likeness (QED) is 0.647. The lowest BCUT2D eigenvalue weighted by Gasteiger charge is -2.12. The van der Waals surface area contributed by atoms with Gasteiger partial charge in [0, 0.05) is 6.04 Å². The van der Waals surface area contributed by atoms with Crippen LogP contribution in [0.15, 0.2) is 23.8 Å². The van der Waals surface area contributed by atoms with Crippen molar-refractivity contribution in [2.45, 2.75) is 38.6 Å². The molecule has 5 nitrogen and oxygen atoms in total. The van der Waals surface area contributed by atoms with E-state index in [1.165, 1.54) is 0 Å². The highest BCUT2D eigenvalue weighted by molar-refractivity contribution is 6.01. The second-order valence-electron chi connectivity index (χ2n) is 5.47. The summed E-state index contributed by atoms with van der Waals surface area (Å²) in [4.78, 5) is 12.2. The van der Waals surface area contributed by atoms with Crippen molar-refractivity contribution in [3.8, 4) is 17.6 Å². The van der Waals surface area contributed by atoms with Crippen molar-refractivity contribution in [2.24, 2.45) is 0 Å². The first-order chi connectivity index (χ1) is 11.2. The second kappa shape index (κ2) is 8.23. The van der Waals surface area contributed by atoms with Crippen LogP contribution in [0, 0.1) is 11.3 Å². The summed E-state index contributed by atoms with van der Waals surface area (Å²) in [5, 5.41) is 12.2. The lowest BCUT2D eigenvalue weighted by atomic mass is 10.1. The van der Waals surface area contributed by atoms with Gasteiger partial charge in [-0.05, 0) is 43.5 Å². The van der Waals surface area contributed by atoms with Gasteiger partial charge >= 0.3 is 0 Å². The van der Waals surface area contributed by atoms with Crippen LogP contribution in [0.5, 0.6) is 11.5 Å². The van der Waals surface area contributed by atoms with Gasteiger partial charge in [-0.3, -0.25) is 4.79 Å². The molecular formula is C18H22N2O3. The largest absolute Gasteiger partial charge is 0.493 e. The van der Waals surface area contributed by atoms with Crippen LogP contribution in [-0.4, -0.2) is 25.7 Å². The summed E-state index contributed by atoms with van der Waals surface area (Å²) in [5.41, 5.74) is 0.825. The molecule has 23 heavy (non-hydrogen) atoms. The van der Waals surface area contributed by atoms with Crippen molar-refractivity contribution in [3.63, 3.8) is 0 Å². The zero-order valence-electron chi connectivity index (χ0n) is 13.6.